The first-order chi connectivity index (χ1) is 13.5. The summed E-state index contributed by atoms with van der Waals surface area (Å²) < 4.78 is 27.1. The normalized spacial score (nSPS) is 25.1. The molecule has 148 valence electrons. The van der Waals surface area contributed by atoms with Crippen molar-refractivity contribution in [3.8, 4) is 0 Å². The van der Waals surface area contributed by atoms with Crippen LogP contribution >= 0.6 is 0 Å². The lowest BCUT2D eigenvalue weighted by molar-refractivity contribution is 0.0633. The lowest BCUT2D eigenvalue weighted by Crippen LogP contribution is -2.48. The van der Waals surface area contributed by atoms with E-state index in [1.807, 2.05) is 0 Å². The second kappa shape index (κ2) is 7.93. The number of aryl methyl sites for hydroxylation is 1. The Morgan fingerprint density at radius 3 is 2.79 bits per heavy atom. The van der Waals surface area contributed by atoms with E-state index in [0.717, 1.165) is 25.6 Å². The van der Waals surface area contributed by atoms with Crippen LogP contribution in [0.15, 0.2) is 36.5 Å². The first-order valence-electron chi connectivity index (χ1n) is 9.68. The van der Waals surface area contributed by atoms with Crippen molar-refractivity contribution < 1.29 is 13.6 Å². The van der Waals surface area contributed by atoms with E-state index in [-0.39, 0.29) is 17.7 Å². The largest absolute Gasteiger partial charge is 0.337 e. The van der Waals surface area contributed by atoms with E-state index in [2.05, 4.69) is 47.0 Å². The summed E-state index contributed by atoms with van der Waals surface area (Å²) in [6.07, 6.45) is 2.72. The summed E-state index contributed by atoms with van der Waals surface area (Å²) in [4.78, 5) is 18.1. The van der Waals surface area contributed by atoms with Gasteiger partial charge in [0.05, 0.1) is 6.20 Å². The smallest absolute Gasteiger partial charge is 0.275 e. The fourth-order valence-electron chi connectivity index (χ4n) is 4.31. The number of nitrogens with zero attached hydrogens (tertiary/aromatic N) is 2. The number of rotatable bonds is 3. The molecule has 1 aromatic heterocycles. The van der Waals surface area contributed by atoms with Gasteiger partial charge in [0.2, 0.25) is 0 Å². The fraction of sp³-hybridized carbons (Fsp3) is 0.429. The summed E-state index contributed by atoms with van der Waals surface area (Å²) in [5.74, 6) is -1.62. The van der Waals surface area contributed by atoms with Crippen LogP contribution in [0, 0.1) is 24.5 Å². The molecule has 7 heteroatoms. The minimum absolute atomic E-state index is 0.185. The molecule has 3 atom stereocenters. The van der Waals surface area contributed by atoms with Gasteiger partial charge < -0.3 is 4.90 Å². The number of nitrogens with one attached hydrogen (secondary N) is 2. The Balaban J connectivity index is 1.50. The molecule has 3 unspecified atom stereocenters. The van der Waals surface area contributed by atoms with Crippen LogP contribution in [0.4, 0.5) is 8.78 Å². The quantitative estimate of drug-likeness (QED) is 0.852. The molecule has 1 aromatic carbocycles. The molecule has 5 nitrogen and oxygen atoms in total. The van der Waals surface area contributed by atoms with Gasteiger partial charge in [-0.25, -0.2) is 13.8 Å². The molecular formula is C21H24F2N4O. The lowest BCUT2D eigenvalue weighted by atomic mass is 9.81. The van der Waals surface area contributed by atoms with Crippen molar-refractivity contribution in [1.29, 1.82) is 0 Å². The first kappa shape index (κ1) is 19.0. The van der Waals surface area contributed by atoms with Crippen molar-refractivity contribution in [3.05, 3.63) is 65.0 Å². The summed E-state index contributed by atoms with van der Waals surface area (Å²) in [6, 6.07) is 9.44. The number of likely N-dealkylation sites (tertiary alicyclic amines) is 1. The second-order valence-corrected chi connectivity index (χ2v) is 7.71. The maximum atomic E-state index is 14.0. The van der Waals surface area contributed by atoms with Crippen molar-refractivity contribution in [1.82, 2.24) is 20.7 Å². The topological polar surface area (TPSA) is 57.3 Å². The van der Waals surface area contributed by atoms with Crippen molar-refractivity contribution in [2.75, 3.05) is 19.6 Å². The number of hydrogen-bond donors (Lipinski definition) is 2. The van der Waals surface area contributed by atoms with E-state index >= 15 is 0 Å². The zero-order valence-electron chi connectivity index (χ0n) is 15.8. The van der Waals surface area contributed by atoms with E-state index in [4.69, 9.17) is 0 Å². The van der Waals surface area contributed by atoms with Gasteiger partial charge in [-0.2, -0.15) is 0 Å². The summed E-state index contributed by atoms with van der Waals surface area (Å²) in [5, 5.41) is 0. The average molecular weight is 386 g/mol. The molecule has 28 heavy (non-hydrogen) atoms. The standard InChI is InChI=1S/C21H24F2N4O/c1-13-4-6-14(7-5-13)17-11-25-26-19(17)15-3-2-8-27(12-15)21(28)20-18(23)9-16(22)10-24-20/h4-7,9-10,15,17,19,25-26H,2-3,8,11-12H2,1H3. The molecule has 1 amide bonds. The average Bonchev–Trinajstić information content (AvgIpc) is 3.18. The van der Waals surface area contributed by atoms with E-state index in [0.29, 0.717) is 25.1 Å². The third kappa shape index (κ3) is 3.77. The predicted octanol–water partition coefficient (Wildman–Crippen LogP) is 2.78. The van der Waals surface area contributed by atoms with E-state index in [9.17, 15) is 13.6 Å². The number of carbonyl (C=O) groups excluding carboxylic acids is 1. The zero-order valence-corrected chi connectivity index (χ0v) is 15.8. The van der Waals surface area contributed by atoms with E-state index in [1.54, 1.807) is 4.90 Å². The molecule has 4 rings (SSSR count). The molecule has 0 radical (unpaired) electrons. The number of aromatic nitrogens is 1. The summed E-state index contributed by atoms with van der Waals surface area (Å²) in [5.41, 5.74) is 8.82. The number of hydrogen-bond acceptors (Lipinski definition) is 4. The number of pyridine rings is 1. The highest BCUT2D eigenvalue weighted by molar-refractivity contribution is 5.92. The Morgan fingerprint density at radius 2 is 2.04 bits per heavy atom. The summed E-state index contributed by atoms with van der Waals surface area (Å²) in [6.45, 7) is 3.98. The highest BCUT2D eigenvalue weighted by Crippen LogP contribution is 2.32. The van der Waals surface area contributed by atoms with Gasteiger partial charge in [0, 0.05) is 37.7 Å². The molecule has 0 saturated carbocycles. The molecule has 2 fully saturated rings. The van der Waals surface area contributed by atoms with Gasteiger partial charge in [0.25, 0.3) is 5.91 Å². The minimum Gasteiger partial charge on any atom is -0.337 e. The Kier molecular flexibility index (Phi) is 5.37. The molecule has 3 heterocycles. The molecule has 2 saturated heterocycles. The molecule has 0 spiro atoms. The van der Waals surface area contributed by atoms with Crippen LogP contribution in [0.3, 0.4) is 0 Å². The molecule has 2 N–H and O–H groups in total. The highest BCUT2D eigenvalue weighted by Gasteiger charge is 2.38. The van der Waals surface area contributed by atoms with Gasteiger partial charge in [-0.15, -0.1) is 0 Å². The van der Waals surface area contributed by atoms with Crippen molar-refractivity contribution in [3.63, 3.8) is 0 Å². The number of halogens is 2. The monoisotopic (exact) mass is 386 g/mol. The van der Waals surface area contributed by atoms with Crippen LogP contribution in [0.5, 0.6) is 0 Å². The van der Waals surface area contributed by atoms with Crippen molar-refractivity contribution in [2.45, 2.75) is 31.7 Å². The lowest BCUT2D eigenvalue weighted by Gasteiger charge is -2.37. The number of hydrazine groups is 1. The Morgan fingerprint density at radius 1 is 1.25 bits per heavy atom. The van der Waals surface area contributed by atoms with Gasteiger partial charge in [-0.05, 0) is 31.2 Å². The van der Waals surface area contributed by atoms with Crippen LogP contribution in [0.1, 0.15) is 40.4 Å². The number of amides is 1. The second-order valence-electron chi connectivity index (χ2n) is 7.71. The maximum absolute atomic E-state index is 14.0. The first-order valence-corrected chi connectivity index (χ1v) is 9.68. The third-order valence-electron chi connectivity index (χ3n) is 5.79. The highest BCUT2D eigenvalue weighted by atomic mass is 19.1. The van der Waals surface area contributed by atoms with Gasteiger partial charge in [0.15, 0.2) is 11.5 Å². The molecule has 0 aliphatic carbocycles. The molecule has 2 aliphatic rings. The van der Waals surface area contributed by atoms with E-state index < -0.39 is 17.5 Å². The van der Waals surface area contributed by atoms with E-state index in [1.165, 1.54) is 11.1 Å². The number of piperidine rings is 1. The van der Waals surface area contributed by atoms with Crippen LogP contribution < -0.4 is 10.9 Å². The number of benzene rings is 1. The third-order valence-corrected chi connectivity index (χ3v) is 5.79. The molecule has 0 bridgehead atoms. The Hall–Kier alpha value is -2.38. The van der Waals surface area contributed by atoms with Crippen LogP contribution in [0.25, 0.3) is 0 Å². The fourth-order valence-corrected chi connectivity index (χ4v) is 4.31. The van der Waals surface area contributed by atoms with Crippen LogP contribution in [-0.2, 0) is 0 Å². The van der Waals surface area contributed by atoms with Gasteiger partial charge in [-0.1, -0.05) is 29.8 Å². The summed E-state index contributed by atoms with van der Waals surface area (Å²) >= 11 is 0. The predicted molar refractivity (Wildman–Crippen MR) is 102 cm³/mol. The SMILES string of the molecule is Cc1ccc(C2CNNC2C2CCCN(C(=O)c3ncc(F)cc3F)C2)cc1. The zero-order chi connectivity index (χ0) is 19.7. The van der Waals surface area contributed by atoms with Gasteiger partial charge in [-0.3, -0.25) is 15.6 Å². The maximum Gasteiger partial charge on any atom is 0.275 e. The molecule has 2 aliphatic heterocycles. The number of carbonyl (C=O) groups is 1. The van der Waals surface area contributed by atoms with Crippen LogP contribution in [-0.4, -0.2) is 41.5 Å². The molecular weight excluding hydrogens is 362 g/mol. The van der Waals surface area contributed by atoms with Crippen molar-refractivity contribution >= 4 is 5.91 Å². The minimum atomic E-state index is -0.912. The van der Waals surface area contributed by atoms with Gasteiger partial charge in [0.1, 0.15) is 5.82 Å². The summed E-state index contributed by atoms with van der Waals surface area (Å²) in [7, 11) is 0. The van der Waals surface area contributed by atoms with Gasteiger partial charge >= 0.3 is 0 Å². The Bertz CT molecular complexity index is 858. The molecule has 2 aromatic rings. The van der Waals surface area contributed by atoms with Crippen LogP contribution in [0.2, 0.25) is 0 Å². The van der Waals surface area contributed by atoms with Crippen molar-refractivity contribution in [2.24, 2.45) is 5.92 Å². The Labute approximate surface area is 163 Å².